The van der Waals surface area contributed by atoms with Gasteiger partial charge in [0.05, 0.1) is 11.9 Å². The molecule has 0 spiro atoms. The van der Waals surface area contributed by atoms with Gasteiger partial charge in [0.2, 0.25) is 5.88 Å². The van der Waals surface area contributed by atoms with Crippen LogP contribution in [0.4, 0.5) is 0 Å². The molecule has 1 N–H and O–H groups in total. The molecule has 2 rings (SSSR count). The second-order valence-electron chi connectivity index (χ2n) is 3.86. The van der Waals surface area contributed by atoms with Crippen molar-refractivity contribution in [3.05, 3.63) is 35.8 Å². The number of ether oxygens (including phenoxy) is 1. The van der Waals surface area contributed by atoms with Crippen LogP contribution < -0.4 is 10.1 Å². The summed E-state index contributed by atoms with van der Waals surface area (Å²) in [6, 6.07) is 3.84. The van der Waals surface area contributed by atoms with Crippen molar-refractivity contribution in [2.24, 2.45) is 7.05 Å². The van der Waals surface area contributed by atoms with Gasteiger partial charge in [-0.25, -0.2) is 4.68 Å². The van der Waals surface area contributed by atoms with E-state index < -0.39 is 0 Å². The molecule has 0 saturated heterocycles. The summed E-state index contributed by atoms with van der Waals surface area (Å²) in [4.78, 5) is 4.08. The van der Waals surface area contributed by atoms with Crippen LogP contribution >= 0.6 is 0 Å². The Labute approximate surface area is 100 Å². The monoisotopic (exact) mass is 232 g/mol. The molecule has 0 bridgehead atoms. The van der Waals surface area contributed by atoms with Crippen molar-refractivity contribution in [2.45, 2.75) is 13.5 Å². The Morgan fingerprint density at radius 3 is 2.94 bits per heavy atom. The zero-order valence-corrected chi connectivity index (χ0v) is 10.3. The van der Waals surface area contributed by atoms with Gasteiger partial charge in [-0.3, -0.25) is 4.98 Å². The predicted octanol–water partition coefficient (Wildman–Crippen LogP) is 1.64. The summed E-state index contributed by atoms with van der Waals surface area (Å²) in [7, 11) is 3.76. The molecule has 2 aromatic rings. The van der Waals surface area contributed by atoms with Gasteiger partial charge in [0.15, 0.2) is 5.75 Å². The molecular formula is C12H16N4O. The second kappa shape index (κ2) is 4.97. The number of aryl methyl sites for hydroxylation is 2. The van der Waals surface area contributed by atoms with E-state index in [1.54, 1.807) is 17.1 Å². The first-order chi connectivity index (χ1) is 8.20. The molecule has 2 heterocycles. The Morgan fingerprint density at radius 2 is 2.29 bits per heavy atom. The van der Waals surface area contributed by atoms with Crippen LogP contribution in [0.3, 0.4) is 0 Å². The molecule has 0 saturated carbocycles. The maximum atomic E-state index is 5.81. The van der Waals surface area contributed by atoms with Crippen molar-refractivity contribution in [1.82, 2.24) is 20.1 Å². The highest BCUT2D eigenvalue weighted by Gasteiger charge is 2.08. The summed E-state index contributed by atoms with van der Waals surface area (Å²) < 4.78 is 7.53. The van der Waals surface area contributed by atoms with E-state index >= 15 is 0 Å². The molecule has 5 heteroatoms. The van der Waals surface area contributed by atoms with Crippen molar-refractivity contribution in [2.75, 3.05) is 7.05 Å². The van der Waals surface area contributed by atoms with Crippen molar-refractivity contribution < 1.29 is 4.74 Å². The minimum absolute atomic E-state index is 0.716. The molecule has 0 aliphatic rings. The third-order valence-electron chi connectivity index (χ3n) is 2.41. The summed E-state index contributed by atoms with van der Waals surface area (Å²) in [5.74, 6) is 1.47. The topological polar surface area (TPSA) is 52.0 Å². The van der Waals surface area contributed by atoms with Crippen molar-refractivity contribution in [3.63, 3.8) is 0 Å². The Balaban J connectivity index is 2.26. The van der Waals surface area contributed by atoms with Crippen LogP contribution in [-0.4, -0.2) is 21.8 Å². The van der Waals surface area contributed by atoms with E-state index in [0.717, 1.165) is 23.6 Å². The van der Waals surface area contributed by atoms with Crippen LogP contribution in [-0.2, 0) is 13.6 Å². The van der Waals surface area contributed by atoms with Crippen molar-refractivity contribution >= 4 is 0 Å². The van der Waals surface area contributed by atoms with Gasteiger partial charge in [-0.15, -0.1) is 0 Å². The van der Waals surface area contributed by atoms with E-state index in [9.17, 15) is 0 Å². The first kappa shape index (κ1) is 11.6. The molecule has 0 unspecified atom stereocenters. The summed E-state index contributed by atoms with van der Waals surface area (Å²) >= 11 is 0. The molecule has 2 aromatic heterocycles. The Hall–Kier alpha value is -1.88. The molecule has 0 radical (unpaired) electrons. The summed E-state index contributed by atoms with van der Waals surface area (Å²) in [6.07, 6.45) is 3.48. The van der Waals surface area contributed by atoms with E-state index in [-0.39, 0.29) is 0 Å². The van der Waals surface area contributed by atoms with Crippen LogP contribution in [0.2, 0.25) is 0 Å². The van der Waals surface area contributed by atoms with Gasteiger partial charge < -0.3 is 10.1 Å². The molecule has 5 nitrogen and oxygen atoms in total. The van der Waals surface area contributed by atoms with E-state index in [1.165, 1.54) is 0 Å². The molecular weight excluding hydrogens is 216 g/mol. The first-order valence-corrected chi connectivity index (χ1v) is 5.46. The van der Waals surface area contributed by atoms with E-state index in [2.05, 4.69) is 15.4 Å². The molecule has 0 aliphatic heterocycles. The SMILES string of the molecule is CNCc1ccncc1Oc1cc(C)nn1C. The third kappa shape index (κ3) is 2.62. The lowest BCUT2D eigenvalue weighted by molar-refractivity contribution is 0.423. The standard InChI is InChI=1S/C12H16N4O/c1-9-6-12(16(3)15-9)17-11-8-14-5-4-10(11)7-13-2/h4-6,8,13H,7H2,1-3H3. The Morgan fingerprint density at radius 1 is 1.47 bits per heavy atom. The van der Waals surface area contributed by atoms with Crippen molar-refractivity contribution in [1.29, 1.82) is 0 Å². The molecule has 90 valence electrons. The zero-order valence-electron chi connectivity index (χ0n) is 10.3. The lowest BCUT2D eigenvalue weighted by Crippen LogP contribution is -2.07. The fraction of sp³-hybridized carbons (Fsp3) is 0.333. The number of nitrogens with one attached hydrogen (secondary N) is 1. The molecule has 0 atom stereocenters. The van der Waals surface area contributed by atoms with Gasteiger partial charge >= 0.3 is 0 Å². The van der Waals surface area contributed by atoms with Gasteiger partial charge in [0.25, 0.3) is 0 Å². The quantitative estimate of drug-likeness (QED) is 0.870. The third-order valence-corrected chi connectivity index (χ3v) is 2.41. The maximum Gasteiger partial charge on any atom is 0.217 e. The summed E-state index contributed by atoms with van der Waals surface area (Å²) in [5.41, 5.74) is 2.00. The number of pyridine rings is 1. The number of hydrogen-bond donors (Lipinski definition) is 1. The number of nitrogens with zero attached hydrogens (tertiary/aromatic N) is 3. The largest absolute Gasteiger partial charge is 0.437 e. The summed E-state index contributed by atoms with van der Waals surface area (Å²) in [5, 5.41) is 7.34. The average molecular weight is 232 g/mol. The van der Waals surface area contributed by atoms with E-state index in [4.69, 9.17) is 4.74 Å². The van der Waals surface area contributed by atoms with Gasteiger partial charge in [-0.05, 0) is 20.0 Å². The maximum absolute atomic E-state index is 5.81. The van der Waals surface area contributed by atoms with Crippen LogP contribution in [0.1, 0.15) is 11.3 Å². The molecule has 0 aliphatic carbocycles. The number of hydrogen-bond acceptors (Lipinski definition) is 4. The number of aromatic nitrogens is 3. The highest BCUT2D eigenvalue weighted by Crippen LogP contribution is 2.24. The lowest BCUT2D eigenvalue weighted by Gasteiger charge is -2.09. The van der Waals surface area contributed by atoms with Crippen LogP contribution in [0.5, 0.6) is 11.6 Å². The predicted molar refractivity (Wildman–Crippen MR) is 65.0 cm³/mol. The van der Waals surface area contributed by atoms with Crippen molar-refractivity contribution in [3.8, 4) is 11.6 Å². The first-order valence-electron chi connectivity index (χ1n) is 5.46. The molecule has 17 heavy (non-hydrogen) atoms. The lowest BCUT2D eigenvalue weighted by atomic mass is 10.2. The molecule has 0 aromatic carbocycles. The van der Waals surface area contributed by atoms with E-state index in [1.807, 2.05) is 33.2 Å². The zero-order chi connectivity index (χ0) is 12.3. The van der Waals surface area contributed by atoms with Crippen LogP contribution in [0, 0.1) is 6.92 Å². The minimum atomic E-state index is 0.716. The highest BCUT2D eigenvalue weighted by atomic mass is 16.5. The second-order valence-corrected chi connectivity index (χ2v) is 3.86. The fourth-order valence-electron chi connectivity index (χ4n) is 1.63. The smallest absolute Gasteiger partial charge is 0.217 e. The highest BCUT2D eigenvalue weighted by molar-refractivity contribution is 5.33. The molecule has 0 amide bonds. The normalized spacial score (nSPS) is 10.5. The number of rotatable bonds is 4. The fourth-order valence-corrected chi connectivity index (χ4v) is 1.63. The van der Waals surface area contributed by atoms with Gasteiger partial charge in [-0.2, -0.15) is 5.10 Å². The Bertz CT molecular complexity index is 507. The van der Waals surface area contributed by atoms with Gasteiger partial charge in [0, 0.05) is 31.4 Å². The van der Waals surface area contributed by atoms with E-state index in [0.29, 0.717) is 5.88 Å². The van der Waals surface area contributed by atoms with Gasteiger partial charge in [0.1, 0.15) is 0 Å². The van der Waals surface area contributed by atoms with Crippen LogP contribution in [0.15, 0.2) is 24.5 Å². The average Bonchev–Trinajstić information content (AvgIpc) is 2.61. The Kier molecular flexibility index (Phi) is 3.39. The summed E-state index contributed by atoms with van der Waals surface area (Å²) in [6.45, 7) is 2.68. The molecule has 0 fully saturated rings. The van der Waals surface area contributed by atoms with Gasteiger partial charge in [-0.1, -0.05) is 0 Å². The van der Waals surface area contributed by atoms with Crippen LogP contribution in [0.25, 0.3) is 0 Å². The minimum Gasteiger partial charge on any atom is -0.437 e.